The molecule has 1 aliphatic rings. The van der Waals surface area contributed by atoms with E-state index in [4.69, 9.17) is 4.74 Å². The van der Waals surface area contributed by atoms with Crippen LogP contribution in [0.3, 0.4) is 0 Å². The molecule has 5 heteroatoms. The van der Waals surface area contributed by atoms with Crippen LogP contribution in [0.15, 0.2) is 24.3 Å². The zero-order valence-corrected chi connectivity index (χ0v) is 13.2. The van der Waals surface area contributed by atoms with Crippen molar-refractivity contribution in [3.63, 3.8) is 0 Å². The Hall–Kier alpha value is -0.660. The van der Waals surface area contributed by atoms with E-state index in [0.29, 0.717) is 12.6 Å². The first-order valence-electron chi connectivity index (χ1n) is 6.48. The monoisotopic (exact) mass is 374 g/mol. The van der Waals surface area contributed by atoms with Crippen molar-refractivity contribution in [2.24, 2.45) is 0 Å². The molecular formula is C14H19IN2O2. The molecule has 1 amide bonds. The largest absolute Gasteiger partial charge is 0.381 e. The molecule has 4 nitrogen and oxygen atoms in total. The maximum Gasteiger partial charge on any atom is 0.238 e. The summed E-state index contributed by atoms with van der Waals surface area (Å²) in [5, 5.41) is 2.93. The van der Waals surface area contributed by atoms with Gasteiger partial charge in [0.25, 0.3) is 0 Å². The van der Waals surface area contributed by atoms with Crippen LogP contribution in [0, 0.1) is 3.57 Å². The third kappa shape index (κ3) is 4.74. The molecule has 19 heavy (non-hydrogen) atoms. The van der Waals surface area contributed by atoms with E-state index in [-0.39, 0.29) is 5.91 Å². The molecule has 1 fully saturated rings. The fraction of sp³-hybridized carbons (Fsp3) is 0.500. The first-order chi connectivity index (χ1) is 9.17. The van der Waals surface area contributed by atoms with Crippen molar-refractivity contribution in [1.29, 1.82) is 0 Å². The third-order valence-electron chi connectivity index (χ3n) is 3.36. The topological polar surface area (TPSA) is 41.6 Å². The zero-order chi connectivity index (χ0) is 13.7. The lowest BCUT2D eigenvalue weighted by atomic mass is 10.1. The number of rotatable bonds is 4. The van der Waals surface area contributed by atoms with E-state index in [9.17, 15) is 4.79 Å². The maximum absolute atomic E-state index is 11.9. The second-order valence-electron chi connectivity index (χ2n) is 4.77. The summed E-state index contributed by atoms with van der Waals surface area (Å²) in [5.74, 6) is 0.0528. The van der Waals surface area contributed by atoms with Gasteiger partial charge in [0, 0.05) is 29.5 Å². The zero-order valence-electron chi connectivity index (χ0n) is 11.1. The molecule has 1 heterocycles. The molecule has 0 saturated carbocycles. The van der Waals surface area contributed by atoms with Crippen molar-refractivity contribution in [2.75, 3.05) is 32.1 Å². The van der Waals surface area contributed by atoms with E-state index in [1.165, 1.54) is 0 Å². The van der Waals surface area contributed by atoms with Crippen LogP contribution >= 0.6 is 22.6 Å². The van der Waals surface area contributed by atoms with Crippen molar-refractivity contribution >= 4 is 34.2 Å². The number of methoxy groups -OCH3 is 1. The summed E-state index contributed by atoms with van der Waals surface area (Å²) >= 11 is 2.25. The van der Waals surface area contributed by atoms with Crippen LogP contribution in [-0.2, 0) is 9.53 Å². The van der Waals surface area contributed by atoms with Gasteiger partial charge in [0.2, 0.25) is 5.91 Å². The Morgan fingerprint density at radius 3 is 2.58 bits per heavy atom. The molecular weight excluding hydrogens is 355 g/mol. The van der Waals surface area contributed by atoms with E-state index in [0.717, 1.165) is 35.2 Å². The summed E-state index contributed by atoms with van der Waals surface area (Å²) in [4.78, 5) is 14.1. The number of hydrogen-bond acceptors (Lipinski definition) is 3. The highest BCUT2D eigenvalue weighted by Gasteiger charge is 2.20. The van der Waals surface area contributed by atoms with Gasteiger partial charge >= 0.3 is 0 Å². The summed E-state index contributed by atoms with van der Waals surface area (Å²) in [6.07, 6.45) is 2.37. The van der Waals surface area contributed by atoms with Gasteiger partial charge in [-0.15, -0.1) is 0 Å². The van der Waals surface area contributed by atoms with Crippen LogP contribution in [0.1, 0.15) is 12.8 Å². The second kappa shape index (κ2) is 7.21. The smallest absolute Gasteiger partial charge is 0.238 e. The van der Waals surface area contributed by atoms with Gasteiger partial charge in [-0.1, -0.05) is 0 Å². The number of carbonyl (C=O) groups is 1. The summed E-state index contributed by atoms with van der Waals surface area (Å²) in [5.41, 5.74) is 0.859. The molecule has 104 valence electrons. The number of piperidine rings is 1. The lowest BCUT2D eigenvalue weighted by molar-refractivity contribution is -0.117. The van der Waals surface area contributed by atoms with Crippen LogP contribution in [0.4, 0.5) is 5.69 Å². The lowest BCUT2D eigenvalue weighted by Crippen LogP contribution is -2.41. The van der Waals surface area contributed by atoms with Crippen molar-refractivity contribution in [1.82, 2.24) is 4.90 Å². The number of carbonyl (C=O) groups excluding carboxylic acids is 1. The Morgan fingerprint density at radius 1 is 1.37 bits per heavy atom. The lowest BCUT2D eigenvalue weighted by Gasteiger charge is -2.30. The van der Waals surface area contributed by atoms with E-state index < -0.39 is 0 Å². The summed E-state index contributed by atoms with van der Waals surface area (Å²) in [6, 6.07) is 7.83. The highest BCUT2D eigenvalue weighted by Crippen LogP contribution is 2.14. The number of likely N-dealkylation sites (tertiary alicyclic amines) is 1. The van der Waals surface area contributed by atoms with Crippen LogP contribution < -0.4 is 5.32 Å². The van der Waals surface area contributed by atoms with E-state index in [1.807, 2.05) is 24.3 Å². The molecule has 0 aromatic heterocycles. The Labute approximate surface area is 127 Å². The van der Waals surface area contributed by atoms with Gasteiger partial charge in [-0.2, -0.15) is 0 Å². The molecule has 0 spiro atoms. The van der Waals surface area contributed by atoms with Gasteiger partial charge in [-0.25, -0.2) is 0 Å². The number of ether oxygens (including phenoxy) is 1. The molecule has 1 aliphatic heterocycles. The number of benzene rings is 1. The number of nitrogens with zero attached hydrogens (tertiary/aromatic N) is 1. The minimum absolute atomic E-state index is 0.0528. The van der Waals surface area contributed by atoms with Crippen molar-refractivity contribution < 1.29 is 9.53 Å². The van der Waals surface area contributed by atoms with Crippen molar-refractivity contribution in [3.8, 4) is 0 Å². The summed E-state index contributed by atoms with van der Waals surface area (Å²) < 4.78 is 6.49. The average molecular weight is 374 g/mol. The van der Waals surface area contributed by atoms with Gasteiger partial charge in [-0.3, -0.25) is 9.69 Å². The Bertz CT molecular complexity index is 414. The normalized spacial score (nSPS) is 17.4. The molecule has 1 aromatic rings. The number of hydrogen-bond donors (Lipinski definition) is 1. The molecule has 0 atom stereocenters. The second-order valence-corrected chi connectivity index (χ2v) is 6.01. The number of amides is 1. The third-order valence-corrected chi connectivity index (χ3v) is 4.08. The fourth-order valence-electron chi connectivity index (χ4n) is 2.24. The number of halogens is 1. The van der Waals surface area contributed by atoms with Crippen molar-refractivity contribution in [2.45, 2.75) is 18.9 Å². The molecule has 0 radical (unpaired) electrons. The van der Waals surface area contributed by atoms with Crippen molar-refractivity contribution in [3.05, 3.63) is 27.8 Å². The van der Waals surface area contributed by atoms with E-state index in [1.54, 1.807) is 7.11 Å². The standard InChI is InChI=1S/C14H19IN2O2/c1-19-13-6-8-17(9-7-13)10-14(18)16-12-4-2-11(15)3-5-12/h2-5,13H,6-10H2,1H3,(H,16,18). The number of anilines is 1. The van der Waals surface area contributed by atoms with Gasteiger partial charge in [0.15, 0.2) is 0 Å². The van der Waals surface area contributed by atoms with Crippen LogP contribution in [0.25, 0.3) is 0 Å². The molecule has 0 bridgehead atoms. The minimum atomic E-state index is 0.0528. The Kier molecular flexibility index (Phi) is 5.59. The molecule has 1 N–H and O–H groups in total. The van der Waals surface area contributed by atoms with Gasteiger partial charge in [-0.05, 0) is 59.7 Å². The van der Waals surface area contributed by atoms with Crippen LogP contribution in [0.5, 0.6) is 0 Å². The highest BCUT2D eigenvalue weighted by molar-refractivity contribution is 14.1. The maximum atomic E-state index is 11.9. The van der Waals surface area contributed by atoms with E-state index in [2.05, 4.69) is 32.8 Å². The summed E-state index contributed by atoms with van der Waals surface area (Å²) in [7, 11) is 1.75. The van der Waals surface area contributed by atoms with Gasteiger partial charge in [0.05, 0.1) is 12.6 Å². The minimum Gasteiger partial charge on any atom is -0.381 e. The van der Waals surface area contributed by atoms with Crippen LogP contribution in [0.2, 0.25) is 0 Å². The molecule has 0 unspecified atom stereocenters. The Balaban J connectivity index is 1.77. The molecule has 1 saturated heterocycles. The Morgan fingerprint density at radius 2 is 2.00 bits per heavy atom. The van der Waals surface area contributed by atoms with Gasteiger partial charge < -0.3 is 10.1 Å². The average Bonchev–Trinajstić information content (AvgIpc) is 2.42. The SMILES string of the molecule is COC1CCN(CC(=O)Nc2ccc(I)cc2)CC1. The predicted octanol–water partition coefficient (Wildman–Crippen LogP) is 2.34. The van der Waals surface area contributed by atoms with Crippen LogP contribution in [-0.4, -0.2) is 43.7 Å². The highest BCUT2D eigenvalue weighted by atomic mass is 127. The fourth-order valence-corrected chi connectivity index (χ4v) is 2.60. The first kappa shape index (κ1) is 14.7. The first-order valence-corrected chi connectivity index (χ1v) is 7.56. The molecule has 1 aromatic carbocycles. The number of nitrogens with one attached hydrogen (secondary N) is 1. The molecule has 2 rings (SSSR count). The predicted molar refractivity (Wildman–Crippen MR) is 84.3 cm³/mol. The van der Waals surface area contributed by atoms with Gasteiger partial charge in [0.1, 0.15) is 0 Å². The summed E-state index contributed by atoms with van der Waals surface area (Å²) in [6.45, 7) is 2.32. The van der Waals surface area contributed by atoms with E-state index >= 15 is 0 Å². The quantitative estimate of drug-likeness (QED) is 0.823. The molecule has 0 aliphatic carbocycles.